The highest BCUT2D eigenvalue weighted by Crippen LogP contribution is 2.30. The zero-order valence-electron chi connectivity index (χ0n) is 10.8. The second-order valence-electron chi connectivity index (χ2n) is 5.08. The lowest BCUT2D eigenvalue weighted by Crippen LogP contribution is -2.56. The maximum Gasteiger partial charge on any atom is 0.329 e. The summed E-state index contributed by atoms with van der Waals surface area (Å²) in [6, 6.07) is -0.600. The molecule has 0 saturated carbocycles. The predicted octanol–water partition coefficient (Wildman–Crippen LogP) is 0.825. The summed E-state index contributed by atoms with van der Waals surface area (Å²) in [6.07, 6.45) is 2.04. The van der Waals surface area contributed by atoms with E-state index in [2.05, 4.69) is 0 Å². The van der Waals surface area contributed by atoms with Gasteiger partial charge in [0.1, 0.15) is 5.54 Å². The Morgan fingerprint density at radius 2 is 2.12 bits per heavy atom. The fourth-order valence-electron chi connectivity index (χ4n) is 2.22. The van der Waals surface area contributed by atoms with Crippen molar-refractivity contribution in [2.75, 3.05) is 6.54 Å². The summed E-state index contributed by atoms with van der Waals surface area (Å²) in [7, 11) is 0. The average molecular weight is 242 g/mol. The van der Waals surface area contributed by atoms with Gasteiger partial charge in [0.15, 0.2) is 0 Å². The Morgan fingerprint density at radius 3 is 2.59 bits per heavy atom. The Bertz CT molecular complexity index is 319. The molecule has 5 nitrogen and oxygen atoms in total. The summed E-state index contributed by atoms with van der Waals surface area (Å²) in [5.74, 6) is -1.11. The van der Waals surface area contributed by atoms with Gasteiger partial charge in [-0.3, -0.25) is 4.79 Å². The minimum Gasteiger partial charge on any atom is -0.480 e. The molecule has 1 amide bonds. The Morgan fingerprint density at radius 1 is 1.53 bits per heavy atom. The van der Waals surface area contributed by atoms with Crippen molar-refractivity contribution >= 4 is 11.9 Å². The number of nitrogens with two attached hydrogens (primary N) is 1. The van der Waals surface area contributed by atoms with E-state index in [1.807, 2.05) is 13.8 Å². The van der Waals surface area contributed by atoms with Crippen molar-refractivity contribution in [3.63, 3.8) is 0 Å². The third-order valence-corrected chi connectivity index (χ3v) is 3.91. The SMILES string of the molecule is CCC(C)C(N)C(=O)N1CCCC1(C)C(=O)O. The molecule has 1 rings (SSSR count). The number of carbonyl (C=O) groups is 2. The van der Waals surface area contributed by atoms with Crippen molar-refractivity contribution in [3.8, 4) is 0 Å². The molecule has 17 heavy (non-hydrogen) atoms. The summed E-state index contributed by atoms with van der Waals surface area (Å²) >= 11 is 0. The van der Waals surface area contributed by atoms with Crippen LogP contribution in [0.3, 0.4) is 0 Å². The summed E-state index contributed by atoms with van der Waals surface area (Å²) < 4.78 is 0. The second kappa shape index (κ2) is 5.04. The standard InChI is InChI=1S/C12H22N2O3/c1-4-8(2)9(13)10(15)14-7-5-6-12(14,3)11(16)17/h8-9H,4-7,13H2,1-3H3,(H,16,17). The lowest BCUT2D eigenvalue weighted by molar-refractivity contribution is -0.156. The van der Waals surface area contributed by atoms with E-state index in [-0.39, 0.29) is 11.8 Å². The van der Waals surface area contributed by atoms with Crippen LogP contribution in [0.25, 0.3) is 0 Å². The number of hydrogen-bond donors (Lipinski definition) is 2. The summed E-state index contributed by atoms with van der Waals surface area (Å²) in [4.78, 5) is 24.9. The third-order valence-electron chi connectivity index (χ3n) is 3.91. The zero-order valence-corrected chi connectivity index (χ0v) is 10.8. The van der Waals surface area contributed by atoms with Crippen LogP contribution < -0.4 is 5.73 Å². The van der Waals surface area contributed by atoms with E-state index in [9.17, 15) is 14.7 Å². The summed E-state index contributed by atoms with van der Waals surface area (Å²) in [5.41, 5.74) is 4.81. The maximum atomic E-state index is 12.2. The topological polar surface area (TPSA) is 83.6 Å². The third kappa shape index (κ3) is 2.44. The van der Waals surface area contributed by atoms with Gasteiger partial charge in [-0.15, -0.1) is 0 Å². The minimum absolute atomic E-state index is 0.0705. The van der Waals surface area contributed by atoms with Crippen molar-refractivity contribution in [2.24, 2.45) is 11.7 Å². The molecule has 1 fully saturated rings. The lowest BCUT2D eigenvalue weighted by Gasteiger charge is -2.34. The molecule has 3 unspecified atom stereocenters. The van der Waals surface area contributed by atoms with Gasteiger partial charge < -0.3 is 15.7 Å². The van der Waals surface area contributed by atoms with Crippen molar-refractivity contribution in [3.05, 3.63) is 0 Å². The molecule has 1 saturated heterocycles. The van der Waals surface area contributed by atoms with Crippen LogP contribution in [0.15, 0.2) is 0 Å². The van der Waals surface area contributed by atoms with Gasteiger partial charge in [0.25, 0.3) is 0 Å². The van der Waals surface area contributed by atoms with Crippen LogP contribution in [0.2, 0.25) is 0 Å². The van der Waals surface area contributed by atoms with Gasteiger partial charge in [-0.05, 0) is 25.7 Å². The molecule has 0 spiro atoms. The molecule has 0 aromatic heterocycles. The number of carbonyl (C=O) groups excluding carboxylic acids is 1. The number of rotatable bonds is 4. The molecule has 1 aliphatic heterocycles. The average Bonchev–Trinajstić information content (AvgIpc) is 2.69. The minimum atomic E-state index is -1.08. The molecular weight excluding hydrogens is 220 g/mol. The molecule has 3 atom stereocenters. The first-order valence-electron chi connectivity index (χ1n) is 6.15. The summed E-state index contributed by atoms with van der Waals surface area (Å²) in [5, 5.41) is 9.23. The molecule has 98 valence electrons. The highest BCUT2D eigenvalue weighted by Gasteiger charge is 2.47. The van der Waals surface area contributed by atoms with E-state index in [0.29, 0.717) is 13.0 Å². The molecule has 0 aromatic rings. The van der Waals surface area contributed by atoms with Crippen LogP contribution in [0.5, 0.6) is 0 Å². The molecule has 1 aliphatic rings. The van der Waals surface area contributed by atoms with Crippen LogP contribution in [0.4, 0.5) is 0 Å². The number of amides is 1. The van der Waals surface area contributed by atoms with Crippen molar-refractivity contribution in [1.29, 1.82) is 0 Å². The van der Waals surface area contributed by atoms with Gasteiger partial charge in [-0.2, -0.15) is 0 Å². The van der Waals surface area contributed by atoms with Crippen LogP contribution in [0, 0.1) is 5.92 Å². The molecule has 5 heteroatoms. The van der Waals surface area contributed by atoms with Crippen molar-refractivity contribution < 1.29 is 14.7 Å². The van der Waals surface area contributed by atoms with Crippen LogP contribution in [-0.4, -0.2) is 40.0 Å². The van der Waals surface area contributed by atoms with Crippen LogP contribution in [0.1, 0.15) is 40.0 Å². The molecule has 0 radical (unpaired) electrons. The fourth-order valence-corrected chi connectivity index (χ4v) is 2.22. The molecule has 0 bridgehead atoms. The molecule has 3 N–H and O–H groups in total. The second-order valence-corrected chi connectivity index (χ2v) is 5.08. The molecular formula is C12H22N2O3. The highest BCUT2D eigenvalue weighted by atomic mass is 16.4. The quantitative estimate of drug-likeness (QED) is 0.764. The van der Waals surface area contributed by atoms with Gasteiger partial charge in [0.2, 0.25) is 5.91 Å². The Balaban J connectivity index is 2.85. The summed E-state index contributed by atoms with van der Waals surface area (Å²) in [6.45, 7) is 5.98. The van der Waals surface area contributed by atoms with E-state index in [4.69, 9.17) is 5.73 Å². The van der Waals surface area contributed by atoms with Gasteiger partial charge in [0.05, 0.1) is 6.04 Å². The van der Waals surface area contributed by atoms with Gasteiger partial charge in [-0.25, -0.2) is 4.79 Å². The Hall–Kier alpha value is -1.10. The van der Waals surface area contributed by atoms with Crippen LogP contribution in [-0.2, 0) is 9.59 Å². The van der Waals surface area contributed by atoms with Crippen molar-refractivity contribution in [1.82, 2.24) is 4.90 Å². The van der Waals surface area contributed by atoms with Gasteiger partial charge in [-0.1, -0.05) is 20.3 Å². The fraction of sp³-hybridized carbons (Fsp3) is 0.833. The Labute approximate surface area is 102 Å². The molecule has 0 aromatic carbocycles. The van der Waals surface area contributed by atoms with E-state index in [1.165, 1.54) is 4.90 Å². The van der Waals surface area contributed by atoms with E-state index in [0.717, 1.165) is 12.8 Å². The van der Waals surface area contributed by atoms with Gasteiger partial charge >= 0.3 is 5.97 Å². The smallest absolute Gasteiger partial charge is 0.329 e. The van der Waals surface area contributed by atoms with Crippen molar-refractivity contribution in [2.45, 2.75) is 51.6 Å². The normalized spacial score (nSPS) is 27.9. The number of aliphatic carboxylic acids is 1. The predicted molar refractivity (Wildman–Crippen MR) is 64.4 cm³/mol. The largest absolute Gasteiger partial charge is 0.480 e. The van der Waals surface area contributed by atoms with E-state index >= 15 is 0 Å². The number of carboxylic acids is 1. The van der Waals surface area contributed by atoms with Crippen LogP contribution >= 0.6 is 0 Å². The van der Waals surface area contributed by atoms with E-state index < -0.39 is 17.6 Å². The van der Waals surface area contributed by atoms with Gasteiger partial charge in [0, 0.05) is 6.54 Å². The first kappa shape index (κ1) is 14.0. The highest BCUT2D eigenvalue weighted by molar-refractivity contribution is 5.90. The number of hydrogen-bond acceptors (Lipinski definition) is 3. The zero-order chi connectivity index (χ0) is 13.2. The van der Waals surface area contributed by atoms with E-state index in [1.54, 1.807) is 6.92 Å². The maximum absolute atomic E-state index is 12.2. The molecule has 0 aliphatic carbocycles. The number of carboxylic acid groups (broad SMARTS) is 1. The lowest BCUT2D eigenvalue weighted by atomic mass is 9.95. The monoisotopic (exact) mass is 242 g/mol. The first-order valence-corrected chi connectivity index (χ1v) is 6.15. The first-order chi connectivity index (χ1) is 7.84. The number of likely N-dealkylation sites (tertiary alicyclic amines) is 1. The molecule has 1 heterocycles. The Kier molecular flexibility index (Phi) is 4.14. The number of nitrogens with zero attached hydrogens (tertiary/aromatic N) is 1.